The molecule has 0 fully saturated rings. The Morgan fingerprint density at radius 2 is 2.33 bits per heavy atom. The maximum absolute atomic E-state index is 5.33. The van der Waals surface area contributed by atoms with Crippen molar-refractivity contribution in [2.45, 2.75) is 33.3 Å². The monoisotopic (exact) mass is 187 g/mol. The van der Waals surface area contributed by atoms with Crippen LogP contribution >= 0.6 is 12.2 Å². The summed E-state index contributed by atoms with van der Waals surface area (Å²) in [4.78, 5) is 0. The van der Waals surface area contributed by atoms with Crippen molar-refractivity contribution < 1.29 is 4.74 Å². The molecule has 0 aliphatic rings. The van der Waals surface area contributed by atoms with Crippen LogP contribution in [0.2, 0.25) is 0 Å². The molecule has 0 aromatic rings. The molecule has 70 valence electrons. The summed E-state index contributed by atoms with van der Waals surface area (Å²) >= 11 is 4.94. The van der Waals surface area contributed by atoms with Gasteiger partial charge in [-0.25, -0.2) is 0 Å². The summed E-state index contributed by atoms with van der Waals surface area (Å²) in [6.45, 7) is 6.88. The number of hydrogen-bond acceptors (Lipinski definition) is 2. The van der Waals surface area contributed by atoms with E-state index in [1.54, 1.807) is 0 Å². The molecule has 0 saturated heterocycles. The standard InChI is InChI=1S/C9H17NOS/c1-4-6-8(3)11-9(12)10-7-5-2/h4,6,8H,5,7H2,1-3H3,(H,10,12)/b6-4+/t8-/m1/s1. The third-order valence-corrected chi connectivity index (χ3v) is 1.52. The molecule has 0 unspecified atom stereocenters. The fraction of sp³-hybridized carbons (Fsp3) is 0.667. The van der Waals surface area contributed by atoms with Gasteiger partial charge in [-0.1, -0.05) is 13.0 Å². The highest BCUT2D eigenvalue weighted by atomic mass is 32.1. The van der Waals surface area contributed by atoms with Gasteiger partial charge in [-0.2, -0.15) is 0 Å². The molecular formula is C9H17NOS. The van der Waals surface area contributed by atoms with E-state index in [0.717, 1.165) is 13.0 Å². The molecule has 0 aliphatic heterocycles. The smallest absolute Gasteiger partial charge is 0.257 e. The van der Waals surface area contributed by atoms with Crippen LogP contribution in [-0.2, 0) is 4.74 Å². The molecule has 2 nitrogen and oxygen atoms in total. The van der Waals surface area contributed by atoms with Gasteiger partial charge in [0.1, 0.15) is 6.10 Å². The van der Waals surface area contributed by atoms with Crippen LogP contribution < -0.4 is 5.32 Å². The van der Waals surface area contributed by atoms with Crippen molar-refractivity contribution >= 4 is 17.4 Å². The van der Waals surface area contributed by atoms with Gasteiger partial charge in [-0.15, -0.1) is 0 Å². The number of nitrogens with one attached hydrogen (secondary N) is 1. The van der Waals surface area contributed by atoms with E-state index in [-0.39, 0.29) is 6.10 Å². The Hall–Kier alpha value is -0.570. The molecular weight excluding hydrogens is 170 g/mol. The minimum absolute atomic E-state index is 0.0619. The van der Waals surface area contributed by atoms with Gasteiger partial charge in [0.15, 0.2) is 0 Å². The van der Waals surface area contributed by atoms with E-state index in [1.807, 2.05) is 26.0 Å². The molecule has 3 heteroatoms. The Labute approximate surface area is 80.0 Å². The normalized spacial score (nSPS) is 12.9. The van der Waals surface area contributed by atoms with Crippen LogP contribution in [0.25, 0.3) is 0 Å². The van der Waals surface area contributed by atoms with Gasteiger partial charge >= 0.3 is 0 Å². The van der Waals surface area contributed by atoms with E-state index in [4.69, 9.17) is 17.0 Å². The van der Waals surface area contributed by atoms with Gasteiger partial charge in [0.25, 0.3) is 5.17 Å². The van der Waals surface area contributed by atoms with Gasteiger partial charge in [-0.05, 0) is 38.6 Å². The van der Waals surface area contributed by atoms with Crippen LogP contribution in [0.4, 0.5) is 0 Å². The van der Waals surface area contributed by atoms with Crippen molar-refractivity contribution in [3.05, 3.63) is 12.2 Å². The molecule has 0 bridgehead atoms. The number of thiocarbonyl (C=S) groups is 1. The van der Waals surface area contributed by atoms with E-state index in [9.17, 15) is 0 Å². The van der Waals surface area contributed by atoms with Crippen molar-refractivity contribution in [2.75, 3.05) is 6.54 Å². The summed E-state index contributed by atoms with van der Waals surface area (Å²) in [5.41, 5.74) is 0. The third kappa shape index (κ3) is 6.16. The van der Waals surface area contributed by atoms with Crippen molar-refractivity contribution in [1.82, 2.24) is 5.32 Å². The van der Waals surface area contributed by atoms with Gasteiger partial charge in [0, 0.05) is 6.54 Å². The quantitative estimate of drug-likeness (QED) is 0.539. The second kappa shape index (κ2) is 7.10. The molecule has 0 radical (unpaired) electrons. The first-order valence-electron chi connectivity index (χ1n) is 4.28. The zero-order chi connectivity index (χ0) is 9.40. The second-order valence-corrected chi connectivity index (χ2v) is 2.93. The average molecular weight is 187 g/mol. The highest BCUT2D eigenvalue weighted by Crippen LogP contribution is 1.93. The Balaban J connectivity index is 3.54. The van der Waals surface area contributed by atoms with Crippen molar-refractivity contribution in [3.63, 3.8) is 0 Å². The van der Waals surface area contributed by atoms with E-state index < -0.39 is 0 Å². The number of rotatable bonds is 4. The maximum Gasteiger partial charge on any atom is 0.257 e. The summed E-state index contributed by atoms with van der Waals surface area (Å²) in [6.07, 6.45) is 5.03. The fourth-order valence-electron chi connectivity index (χ4n) is 0.748. The van der Waals surface area contributed by atoms with Crippen LogP contribution in [0.5, 0.6) is 0 Å². The van der Waals surface area contributed by atoms with Crippen LogP contribution in [0, 0.1) is 0 Å². The second-order valence-electron chi connectivity index (χ2n) is 2.56. The van der Waals surface area contributed by atoms with Gasteiger partial charge in [0.2, 0.25) is 0 Å². The molecule has 0 amide bonds. The van der Waals surface area contributed by atoms with Crippen LogP contribution in [0.15, 0.2) is 12.2 Å². The largest absolute Gasteiger partial charge is 0.464 e. The van der Waals surface area contributed by atoms with Gasteiger partial charge in [-0.3, -0.25) is 0 Å². The summed E-state index contributed by atoms with van der Waals surface area (Å²) in [6, 6.07) is 0. The Kier molecular flexibility index (Phi) is 6.76. The average Bonchev–Trinajstić information content (AvgIpc) is 2.01. The molecule has 0 aromatic carbocycles. The lowest BCUT2D eigenvalue weighted by Crippen LogP contribution is -2.27. The number of allylic oxidation sites excluding steroid dienone is 1. The molecule has 0 saturated carbocycles. The minimum Gasteiger partial charge on any atom is -0.464 e. The molecule has 0 heterocycles. The van der Waals surface area contributed by atoms with Crippen LogP contribution in [0.3, 0.4) is 0 Å². The fourth-order valence-corrected chi connectivity index (χ4v) is 1.00. The predicted octanol–water partition coefficient (Wildman–Crippen LogP) is 2.25. The Morgan fingerprint density at radius 1 is 1.67 bits per heavy atom. The minimum atomic E-state index is 0.0619. The van der Waals surface area contributed by atoms with Crippen LogP contribution in [0.1, 0.15) is 27.2 Å². The van der Waals surface area contributed by atoms with E-state index in [2.05, 4.69) is 12.2 Å². The van der Waals surface area contributed by atoms with E-state index >= 15 is 0 Å². The zero-order valence-electron chi connectivity index (χ0n) is 7.96. The lowest BCUT2D eigenvalue weighted by molar-refractivity contribution is 0.251. The third-order valence-electron chi connectivity index (χ3n) is 1.28. The lowest BCUT2D eigenvalue weighted by atomic mass is 10.4. The Morgan fingerprint density at radius 3 is 2.83 bits per heavy atom. The van der Waals surface area contributed by atoms with E-state index in [0.29, 0.717) is 5.17 Å². The SMILES string of the molecule is C/C=C/[C@@H](C)OC(=S)NCCC. The Bertz CT molecular complexity index is 157. The van der Waals surface area contributed by atoms with Crippen molar-refractivity contribution in [1.29, 1.82) is 0 Å². The molecule has 0 spiro atoms. The summed E-state index contributed by atoms with van der Waals surface area (Å²) in [7, 11) is 0. The summed E-state index contributed by atoms with van der Waals surface area (Å²) < 4.78 is 5.33. The molecule has 12 heavy (non-hydrogen) atoms. The number of hydrogen-bond donors (Lipinski definition) is 1. The molecule has 1 N–H and O–H groups in total. The van der Waals surface area contributed by atoms with Crippen molar-refractivity contribution in [3.8, 4) is 0 Å². The maximum atomic E-state index is 5.33. The molecule has 0 rings (SSSR count). The van der Waals surface area contributed by atoms with E-state index in [1.165, 1.54) is 0 Å². The van der Waals surface area contributed by atoms with Gasteiger partial charge < -0.3 is 10.1 Å². The first-order chi connectivity index (χ1) is 5.70. The molecule has 0 aliphatic carbocycles. The first-order valence-corrected chi connectivity index (χ1v) is 4.68. The highest BCUT2D eigenvalue weighted by molar-refractivity contribution is 7.80. The lowest BCUT2D eigenvalue weighted by Gasteiger charge is -2.12. The highest BCUT2D eigenvalue weighted by Gasteiger charge is 1.99. The van der Waals surface area contributed by atoms with Crippen molar-refractivity contribution in [2.24, 2.45) is 0 Å². The van der Waals surface area contributed by atoms with Crippen LogP contribution in [-0.4, -0.2) is 17.8 Å². The number of ether oxygens (including phenoxy) is 1. The first kappa shape index (κ1) is 11.4. The zero-order valence-corrected chi connectivity index (χ0v) is 8.78. The summed E-state index contributed by atoms with van der Waals surface area (Å²) in [5, 5.41) is 3.49. The molecule has 0 aromatic heterocycles. The summed E-state index contributed by atoms with van der Waals surface area (Å²) in [5.74, 6) is 0. The predicted molar refractivity (Wildman–Crippen MR) is 56.3 cm³/mol. The van der Waals surface area contributed by atoms with Gasteiger partial charge in [0.05, 0.1) is 0 Å². The topological polar surface area (TPSA) is 21.3 Å². The molecule has 1 atom stereocenters.